The van der Waals surface area contributed by atoms with Gasteiger partial charge in [0.05, 0.1) is 5.41 Å². The summed E-state index contributed by atoms with van der Waals surface area (Å²) in [7, 11) is 0. The van der Waals surface area contributed by atoms with Gasteiger partial charge in [-0.2, -0.15) is 0 Å². The Bertz CT molecular complexity index is 513. The van der Waals surface area contributed by atoms with Gasteiger partial charge in [0, 0.05) is 18.3 Å². The van der Waals surface area contributed by atoms with Gasteiger partial charge in [-0.3, -0.25) is 9.59 Å². The van der Waals surface area contributed by atoms with Crippen molar-refractivity contribution in [1.82, 2.24) is 10.3 Å². The Kier molecular flexibility index (Phi) is 4.75. The predicted octanol–water partition coefficient (Wildman–Crippen LogP) is 2.61. The highest BCUT2D eigenvalue weighted by Crippen LogP contribution is 2.36. The summed E-state index contributed by atoms with van der Waals surface area (Å²) in [4.78, 5) is 27.5. The minimum absolute atomic E-state index is 0.182. The molecule has 108 valence electrons. The van der Waals surface area contributed by atoms with Crippen LogP contribution in [0.1, 0.15) is 42.5 Å². The van der Waals surface area contributed by atoms with E-state index in [1.165, 1.54) is 6.20 Å². The number of rotatable bonds is 4. The molecule has 6 heteroatoms. The largest absolute Gasteiger partial charge is 0.481 e. The summed E-state index contributed by atoms with van der Waals surface area (Å²) in [6.07, 6.45) is 5.67. The average Bonchev–Trinajstić information content (AvgIpc) is 2.45. The van der Waals surface area contributed by atoms with Crippen LogP contribution in [0, 0.1) is 5.41 Å². The van der Waals surface area contributed by atoms with E-state index in [2.05, 4.69) is 26.2 Å². The van der Waals surface area contributed by atoms with Crippen LogP contribution in [0.3, 0.4) is 0 Å². The lowest BCUT2D eigenvalue weighted by molar-refractivity contribution is -0.150. The first-order valence-corrected chi connectivity index (χ1v) is 7.46. The van der Waals surface area contributed by atoms with Gasteiger partial charge in [-0.05, 0) is 40.9 Å². The summed E-state index contributed by atoms with van der Waals surface area (Å²) >= 11 is 3.21. The summed E-state index contributed by atoms with van der Waals surface area (Å²) in [5.74, 6) is -1.08. The number of aromatic nitrogens is 1. The zero-order valence-corrected chi connectivity index (χ0v) is 12.6. The number of hydrogen-bond acceptors (Lipinski definition) is 3. The van der Waals surface area contributed by atoms with E-state index in [9.17, 15) is 14.7 Å². The lowest BCUT2D eigenvalue weighted by atomic mass is 9.74. The lowest BCUT2D eigenvalue weighted by Gasteiger charge is -2.33. The summed E-state index contributed by atoms with van der Waals surface area (Å²) in [5, 5.41) is 12.2. The molecule has 0 bridgehead atoms. The fourth-order valence-corrected chi connectivity index (χ4v) is 2.95. The molecule has 1 fully saturated rings. The second-order valence-corrected chi connectivity index (χ2v) is 6.01. The summed E-state index contributed by atoms with van der Waals surface area (Å²) < 4.78 is 0.579. The first-order chi connectivity index (χ1) is 9.53. The number of aliphatic carboxylic acids is 1. The number of halogens is 1. The van der Waals surface area contributed by atoms with Crippen molar-refractivity contribution in [3.63, 3.8) is 0 Å². The molecule has 1 aliphatic rings. The molecule has 0 unspecified atom stereocenters. The Morgan fingerprint density at radius 2 is 2.05 bits per heavy atom. The molecule has 2 rings (SSSR count). The van der Waals surface area contributed by atoms with Gasteiger partial charge in [0.2, 0.25) is 0 Å². The fraction of sp³-hybridized carbons (Fsp3) is 0.500. The number of nitrogens with zero attached hydrogens (tertiary/aromatic N) is 1. The topological polar surface area (TPSA) is 79.3 Å². The van der Waals surface area contributed by atoms with Gasteiger partial charge in [0.25, 0.3) is 5.91 Å². The van der Waals surface area contributed by atoms with Gasteiger partial charge in [-0.25, -0.2) is 4.98 Å². The van der Waals surface area contributed by atoms with Gasteiger partial charge < -0.3 is 10.4 Å². The molecule has 1 amide bonds. The van der Waals surface area contributed by atoms with E-state index < -0.39 is 11.4 Å². The van der Waals surface area contributed by atoms with Crippen molar-refractivity contribution >= 4 is 27.8 Å². The van der Waals surface area contributed by atoms with E-state index in [0.717, 1.165) is 19.3 Å². The first-order valence-electron chi connectivity index (χ1n) is 6.67. The van der Waals surface area contributed by atoms with Gasteiger partial charge in [-0.15, -0.1) is 0 Å². The van der Waals surface area contributed by atoms with Crippen molar-refractivity contribution in [3.8, 4) is 0 Å². The maximum Gasteiger partial charge on any atom is 0.311 e. The van der Waals surface area contributed by atoms with Crippen molar-refractivity contribution in [1.29, 1.82) is 0 Å². The Balaban J connectivity index is 2.02. The normalized spacial score (nSPS) is 17.4. The van der Waals surface area contributed by atoms with Crippen LogP contribution in [0.25, 0.3) is 0 Å². The zero-order chi connectivity index (χ0) is 14.6. The van der Waals surface area contributed by atoms with Crippen LogP contribution in [0.5, 0.6) is 0 Å². The lowest BCUT2D eigenvalue weighted by Crippen LogP contribution is -2.44. The molecule has 5 nitrogen and oxygen atoms in total. The average molecular weight is 341 g/mol. The Morgan fingerprint density at radius 1 is 1.35 bits per heavy atom. The van der Waals surface area contributed by atoms with Gasteiger partial charge >= 0.3 is 5.97 Å². The standard InChI is InChI=1S/C14H17BrN2O3/c15-11-8-10(4-7-16-11)12(18)17-9-14(13(19)20)5-2-1-3-6-14/h4,7-8H,1-3,5-6,9H2,(H,17,18)(H,19,20). The monoisotopic (exact) mass is 340 g/mol. The van der Waals surface area contributed by atoms with Crippen LogP contribution in [0.2, 0.25) is 0 Å². The SMILES string of the molecule is O=C(NCC1(C(=O)O)CCCCC1)c1ccnc(Br)c1. The van der Waals surface area contributed by atoms with Crippen molar-refractivity contribution in [2.24, 2.45) is 5.41 Å². The maximum atomic E-state index is 12.1. The second-order valence-electron chi connectivity index (χ2n) is 5.20. The smallest absolute Gasteiger partial charge is 0.311 e. The van der Waals surface area contributed by atoms with Gasteiger partial charge in [0.1, 0.15) is 4.60 Å². The van der Waals surface area contributed by atoms with E-state index in [4.69, 9.17) is 0 Å². The molecule has 0 atom stereocenters. The zero-order valence-electron chi connectivity index (χ0n) is 11.1. The molecule has 1 aromatic rings. The van der Waals surface area contributed by atoms with E-state index in [0.29, 0.717) is 23.0 Å². The van der Waals surface area contributed by atoms with Crippen LogP contribution in [-0.4, -0.2) is 28.5 Å². The molecule has 0 saturated heterocycles. The molecule has 0 spiro atoms. The molecular formula is C14H17BrN2O3. The molecule has 1 saturated carbocycles. The number of carboxylic acids is 1. The van der Waals surface area contributed by atoms with Crippen LogP contribution >= 0.6 is 15.9 Å². The van der Waals surface area contributed by atoms with Gasteiger partial charge in [-0.1, -0.05) is 19.3 Å². The third kappa shape index (κ3) is 3.36. The molecule has 0 aliphatic heterocycles. The fourth-order valence-electron chi connectivity index (χ4n) is 2.59. The van der Waals surface area contributed by atoms with Crippen molar-refractivity contribution in [2.75, 3.05) is 6.54 Å². The minimum Gasteiger partial charge on any atom is -0.481 e. The molecule has 0 radical (unpaired) electrons. The third-order valence-electron chi connectivity index (χ3n) is 3.84. The van der Waals surface area contributed by atoms with Crippen LogP contribution < -0.4 is 5.32 Å². The van der Waals surface area contributed by atoms with Crippen LogP contribution in [-0.2, 0) is 4.79 Å². The van der Waals surface area contributed by atoms with Gasteiger partial charge in [0.15, 0.2) is 0 Å². The number of carbonyl (C=O) groups is 2. The summed E-state index contributed by atoms with van der Waals surface area (Å²) in [6, 6.07) is 3.22. The molecule has 2 N–H and O–H groups in total. The predicted molar refractivity (Wildman–Crippen MR) is 77.4 cm³/mol. The van der Waals surface area contributed by atoms with Crippen LogP contribution in [0.4, 0.5) is 0 Å². The number of hydrogen-bond donors (Lipinski definition) is 2. The Labute approximate surface area is 125 Å². The number of carboxylic acid groups (broad SMARTS) is 1. The Morgan fingerprint density at radius 3 is 2.65 bits per heavy atom. The molecular weight excluding hydrogens is 324 g/mol. The summed E-state index contributed by atoms with van der Waals surface area (Å²) in [6.45, 7) is 0.182. The van der Waals surface area contributed by atoms with E-state index in [1.807, 2.05) is 0 Å². The number of nitrogens with one attached hydrogen (secondary N) is 1. The molecule has 1 aliphatic carbocycles. The quantitative estimate of drug-likeness (QED) is 0.825. The summed E-state index contributed by atoms with van der Waals surface area (Å²) in [5.41, 5.74) is -0.332. The highest BCUT2D eigenvalue weighted by Gasteiger charge is 2.39. The molecule has 1 heterocycles. The molecule has 20 heavy (non-hydrogen) atoms. The maximum absolute atomic E-state index is 12.1. The molecule has 1 aromatic heterocycles. The van der Waals surface area contributed by atoms with Crippen molar-refractivity contribution < 1.29 is 14.7 Å². The van der Waals surface area contributed by atoms with E-state index in [1.54, 1.807) is 12.1 Å². The highest BCUT2D eigenvalue weighted by atomic mass is 79.9. The third-order valence-corrected chi connectivity index (χ3v) is 4.27. The second kappa shape index (κ2) is 6.35. The molecule has 0 aromatic carbocycles. The van der Waals surface area contributed by atoms with Crippen LogP contribution in [0.15, 0.2) is 22.9 Å². The number of pyridine rings is 1. The number of carbonyl (C=O) groups excluding carboxylic acids is 1. The number of amides is 1. The highest BCUT2D eigenvalue weighted by molar-refractivity contribution is 9.10. The minimum atomic E-state index is -0.812. The van der Waals surface area contributed by atoms with E-state index in [-0.39, 0.29) is 12.5 Å². The van der Waals surface area contributed by atoms with Crippen molar-refractivity contribution in [2.45, 2.75) is 32.1 Å². The van der Waals surface area contributed by atoms with E-state index >= 15 is 0 Å². The first kappa shape index (κ1) is 15.0. The Hall–Kier alpha value is -1.43. The van der Waals surface area contributed by atoms with Crippen molar-refractivity contribution in [3.05, 3.63) is 28.5 Å².